The lowest BCUT2D eigenvalue weighted by molar-refractivity contribution is -0.118. The van der Waals surface area contributed by atoms with Crippen LogP contribution >= 0.6 is 0 Å². The van der Waals surface area contributed by atoms with Gasteiger partial charge in [0.1, 0.15) is 5.75 Å². The van der Waals surface area contributed by atoms with E-state index in [4.69, 9.17) is 0 Å². The topological polar surface area (TPSA) is 49.3 Å². The predicted molar refractivity (Wildman–Crippen MR) is 74.4 cm³/mol. The van der Waals surface area contributed by atoms with Crippen molar-refractivity contribution in [2.75, 3.05) is 5.32 Å². The van der Waals surface area contributed by atoms with Crippen molar-refractivity contribution in [3.05, 3.63) is 59.2 Å². The number of carbonyl (C=O) groups excluding carboxylic acids is 1. The van der Waals surface area contributed by atoms with Crippen molar-refractivity contribution in [2.24, 2.45) is 0 Å². The molecule has 0 heterocycles. The molecule has 0 aromatic heterocycles. The van der Waals surface area contributed by atoms with Gasteiger partial charge in [0.25, 0.3) is 0 Å². The van der Waals surface area contributed by atoms with Gasteiger partial charge in [0, 0.05) is 11.8 Å². The number of hydrogen-bond donors (Lipinski definition) is 2. The highest BCUT2D eigenvalue weighted by atomic mass is 16.3. The van der Waals surface area contributed by atoms with E-state index in [1.165, 1.54) is 5.56 Å². The van der Waals surface area contributed by atoms with Crippen molar-refractivity contribution in [3.63, 3.8) is 0 Å². The molecule has 3 rings (SSSR count). The van der Waals surface area contributed by atoms with Crippen LogP contribution in [0.1, 0.15) is 22.6 Å². The van der Waals surface area contributed by atoms with Crippen molar-refractivity contribution in [2.45, 2.75) is 19.3 Å². The summed E-state index contributed by atoms with van der Waals surface area (Å²) in [4.78, 5) is 12.2. The van der Waals surface area contributed by atoms with E-state index in [9.17, 15) is 9.90 Å². The first-order valence-corrected chi connectivity index (χ1v) is 6.33. The second kappa shape index (κ2) is 4.43. The van der Waals surface area contributed by atoms with Gasteiger partial charge in [-0.05, 0) is 36.1 Å². The number of rotatable bonds is 2. The Kier molecular flexibility index (Phi) is 2.75. The summed E-state index contributed by atoms with van der Waals surface area (Å²) < 4.78 is 0. The summed E-state index contributed by atoms with van der Waals surface area (Å²) in [6.45, 7) is 1.82. The minimum atomic E-state index is -0.0698. The van der Waals surface area contributed by atoms with Crippen LogP contribution in [-0.2, 0) is 11.2 Å². The molecular weight excluding hydrogens is 238 g/mol. The summed E-state index contributed by atoms with van der Waals surface area (Å²) in [6, 6.07) is 13.2. The Hall–Kier alpha value is -2.29. The highest BCUT2D eigenvalue weighted by Gasteiger charge is 2.31. The average molecular weight is 253 g/mol. The van der Waals surface area contributed by atoms with Crippen LogP contribution in [0.2, 0.25) is 0 Å². The maximum Gasteiger partial charge on any atom is 0.232 e. The van der Waals surface area contributed by atoms with Crippen LogP contribution in [0.3, 0.4) is 0 Å². The SMILES string of the molecule is Cc1ccc(NC(=O)C2Cc3ccccc32)cc1O. The number of phenols is 1. The van der Waals surface area contributed by atoms with Gasteiger partial charge in [0.2, 0.25) is 5.91 Å². The Morgan fingerprint density at radius 1 is 1.26 bits per heavy atom. The van der Waals surface area contributed by atoms with E-state index in [-0.39, 0.29) is 17.6 Å². The fourth-order valence-corrected chi connectivity index (χ4v) is 2.41. The van der Waals surface area contributed by atoms with Gasteiger partial charge in [0.15, 0.2) is 0 Å². The molecule has 19 heavy (non-hydrogen) atoms. The van der Waals surface area contributed by atoms with E-state index in [2.05, 4.69) is 11.4 Å². The number of hydrogen-bond acceptors (Lipinski definition) is 2. The lowest BCUT2D eigenvalue weighted by Gasteiger charge is -2.28. The molecule has 1 aliphatic carbocycles. The number of fused-ring (bicyclic) bond motifs is 1. The molecule has 0 saturated heterocycles. The third kappa shape index (κ3) is 2.08. The molecular formula is C16H15NO2. The van der Waals surface area contributed by atoms with Crippen LogP contribution in [-0.4, -0.2) is 11.0 Å². The number of anilines is 1. The lowest BCUT2D eigenvalue weighted by Crippen LogP contribution is -2.30. The molecule has 2 aromatic rings. The number of aromatic hydroxyl groups is 1. The predicted octanol–water partition coefficient (Wildman–Crippen LogP) is 2.98. The quantitative estimate of drug-likeness (QED) is 0.864. The Morgan fingerprint density at radius 3 is 2.79 bits per heavy atom. The van der Waals surface area contributed by atoms with E-state index >= 15 is 0 Å². The number of carbonyl (C=O) groups is 1. The molecule has 0 saturated carbocycles. The van der Waals surface area contributed by atoms with E-state index < -0.39 is 0 Å². The minimum absolute atomic E-state index is 0.0121. The van der Waals surface area contributed by atoms with E-state index in [1.54, 1.807) is 18.2 Å². The second-order valence-corrected chi connectivity index (χ2v) is 4.95. The maximum absolute atomic E-state index is 12.2. The fraction of sp³-hybridized carbons (Fsp3) is 0.188. The van der Waals surface area contributed by atoms with E-state index in [0.717, 1.165) is 17.5 Å². The zero-order chi connectivity index (χ0) is 13.4. The summed E-state index contributed by atoms with van der Waals surface area (Å²) in [7, 11) is 0. The fourth-order valence-electron chi connectivity index (χ4n) is 2.41. The number of benzene rings is 2. The van der Waals surface area contributed by atoms with Crippen LogP contribution < -0.4 is 5.32 Å². The molecule has 1 aliphatic rings. The Bertz CT molecular complexity index is 649. The first-order valence-electron chi connectivity index (χ1n) is 6.33. The van der Waals surface area contributed by atoms with Crippen LogP contribution in [0.25, 0.3) is 0 Å². The normalized spacial score (nSPS) is 16.4. The molecule has 0 radical (unpaired) electrons. The second-order valence-electron chi connectivity index (χ2n) is 4.95. The van der Waals surface area contributed by atoms with Gasteiger partial charge >= 0.3 is 0 Å². The highest BCUT2D eigenvalue weighted by molar-refractivity contribution is 5.97. The van der Waals surface area contributed by atoms with Crippen molar-refractivity contribution < 1.29 is 9.90 Å². The van der Waals surface area contributed by atoms with Gasteiger partial charge < -0.3 is 10.4 Å². The molecule has 96 valence electrons. The summed E-state index contributed by atoms with van der Waals surface area (Å²) in [5.41, 5.74) is 3.79. The first kappa shape index (κ1) is 11.8. The van der Waals surface area contributed by atoms with Crippen molar-refractivity contribution in [1.29, 1.82) is 0 Å². The zero-order valence-electron chi connectivity index (χ0n) is 10.7. The first-order chi connectivity index (χ1) is 9.15. The monoisotopic (exact) mass is 253 g/mol. The minimum Gasteiger partial charge on any atom is -0.508 e. The smallest absolute Gasteiger partial charge is 0.232 e. The lowest BCUT2D eigenvalue weighted by atomic mass is 9.77. The van der Waals surface area contributed by atoms with Crippen molar-refractivity contribution >= 4 is 11.6 Å². The maximum atomic E-state index is 12.2. The average Bonchev–Trinajstić information content (AvgIpc) is 2.35. The third-order valence-electron chi connectivity index (χ3n) is 3.65. The van der Waals surface area contributed by atoms with Gasteiger partial charge in [-0.3, -0.25) is 4.79 Å². The summed E-state index contributed by atoms with van der Waals surface area (Å²) in [5, 5.41) is 12.5. The molecule has 1 atom stereocenters. The van der Waals surface area contributed by atoms with Gasteiger partial charge in [-0.1, -0.05) is 30.3 Å². The molecule has 2 N–H and O–H groups in total. The van der Waals surface area contributed by atoms with Crippen LogP contribution in [0.15, 0.2) is 42.5 Å². The number of amides is 1. The molecule has 1 amide bonds. The molecule has 3 nitrogen and oxygen atoms in total. The van der Waals surface area contributed by atoms with Crippen LogP contribution in [0.5, 0.6) is 5.75 Å². The van der Waals surface area contributed by atoms with Crippen LogP contribution in [0, 0.1) is 6.92 Å². The molecule has 2 aromatic carbocycles. The zero-order valence-corrected chi connectivity index (χ0v) is 10.7. The third-order valence-corrected chi connectivity index (χ3v) is 3.65. The van der Waals surface area contributed by atoms with Gasteiger partial charge in [0.05, 0.1) is 5.92 Å². The van der Waals surface area contributed by atoms with E-state index in [0.29, 0.717) is 5.69 Å². The van der Waals surface area contributed by atoms with Crippen molar-refractivity contribution in [1.82, 2.24) is 0 Å². The standard InChI is InChI=1S/C16H15NO2/c1-10-6-7-12(9-15(10)18)17-16(19)14-8-11-4-2-3-5-13(11)14/h2-7,9,14,18H,8H2,1H3,(H,17,19). The molecule has 1 unspecified atom stereocenters. The largest absolute Gasteiger partial charge is 0.508 e. The summed E-state index contributed by atoms with van der Waals surface area (Å²) in [6.07, 6.45) is 0.792. The highest BCUT2D eigenvalue weighted by Crippen LogP contribution is 2.35. The summed E-state index contributed by atoms with van der Waals surface area (Å²) >= 11 is 0. The molecule has 3 heteroatoms. The number of nitrogens with one attached hydrogen (secondary N) is 1. The van der Waals surface area contributed by atoms with Gasteiger partial charge in [-0.15, -0.1) is 0 Å². The van der Waals surface area contributed by atoms with Gasteiger partial charge in [-0.2, -0.15) is 0 Å². The number of aryl methyl sites for hydroxylation is 1. The van der Waals surface area contributed by atoms with Gasteiger partial charge in [-0.25, -0.2) is 0 Å². The van der Waals surface area contributed by atoms with E-state index in [1.807, 2.05) is 25.1 Å². The molecule has 0 spiro atoms. The Morgan fingerprint density at radius 2 is 2.05 bits per heavy atom. The molecule has 0 fully saturated rings. The Balaban J connectivity index is 1.75. The van der Waals surface area contributed by atoms with Crippen LogP contribution in [0.4, 0.5) is 5.69 Å². The number of phenolic OH excluding ortho intramolecular Hbond substituents is 1. The summed E-state index contributed by atoms with van der Waals surface area (Å²) in [5.74, 6) is 0.119. The molecule has 0 aliphatic heterocycles. The van der Waals surface area contributed by atoms with Crippen molar-refractivity contribution in [3.8, 4) is 5.75 Å². The molecule has 0 bridgehead atoms. The Labute approximate surface area is 111 Å².